The zero-order chi connectivity index (χ0) is 15.2. The third-order valence-electron chi connectivity index (χ3n) is 3.50. The van der Waals surface area contributed by atoms with E-state index in [0.717, 1.165) is 38.6 Å². The van der Waals surface area contributed by atoms with E-state index in [1.54, 1.807) is 0 Å². The summed E-state index contributed by atoms with van der Waals surface area (Å²) in [4.78, 5) is 0. The van der Waals surface area contributed by atoms with E-state index in [1.807, 2.05) is 6.92 Å². The molecule has 0 radical (unpaired) electrons. The van der Waals surface area contributed by atoms with Gasteiger partial charge in [0.2, 0.25) is 10.0 Å². The second kappa shape index (κ2) is 7.72. The van der Waals surface area contributed by atoms with Gasteiger partial charge in [0.25, 0.3) is 0 Å². The molecule has 1 rings (SSSR count). The van der Waals surface area contributed by atoms with Crippen LogP contribution in [-0.2, 0) is 19.9 Å². The number of hydrogen-bond donors (Lipinski definition) is 1. The number of nitrogens with zero attached hydrogens (tertiary/aromatic N) is 1. The van der Waals surface area contributed by atoms with E-state index in [9.17, 15) is 16.8 Å². The Morgan fingerprint density at radius 3 is 2.20 bits per heavy atom. The predicted molar refractivity (Wildman–Crippen MR) is 81.0 cm³/mol. The second-order valence-electron chi connectivity index (χ2n) is 5.50. The minimum absolute atomic E-state index is 0.304. The van der Waals surface area contributed by atoms with Crippen LogP contribution in [0.5, 0.6) is 0 Å². The highest BCUT2D eigenvalue weighted by Gasteiger charge is 2.26. The molecule has 1 aliphatic heterocycles. The third-order valence-corrected chi connectivity index (χ3v) is 6.54. The molecule has 0 amide bonds. The fraction of sp³-hybridized carbons (Fsp3) is 1.00. The van der Waals surface area contributed by atoms with Crippen LogP contribution in [-0.4, -0.2) is 65.1 Å². The first kappa shape index (κ1) is 17.9. The standard InChI is InChI=1S/C12H26N2O4S2/c1-3-8-14(11-12-4-6-13-7-5-12)20(17,18)10-9-19(2,15)16/h12-13H,3-11H2,1-2H3. The Labute approximate surface area is 122 Å². The second-order valence-corrected chi connectivity index (χ2v) is 9.85. The zero-order valence-corrected chi connectivity index (χ0v) is 14.0. The summed E-state index contributed by atoms with van der Waals surface area (Å²) in [5, 5.41) is 3.26. The Morgan fingerprint density at radius 2 is 1.70 bits per heavy atom. The average molecular weight is 326 g/mol. The lowest BCUT2D eigenvalue weighted by Gasteiger charge is -2.29. The molecular weight excluding hydrogens is 300 g/mol. The van der Waals surface area contributed by atoms with E-state index in [2.05, 4.69) is 5.32 Å². The van der Waals surface area contributed by atoms with Gasteiger partial charge in [0.15, 0.2) is 0 Å². The van der Waals surface area contributed by atoms with Gasteiger partial charge in [0.1, 0.15) is 9.84 Å². The van der Waals surface area contributed by atoms with Gasteiger partial charge in [0, 0.05) is 19.3 Å². The van der Waals surface area contributed by atoms with Crippen LogP contribution in [0.3, 0.4) is 0 Å². The maximum Gasteiger partial charge on any atom is 0.215 e. The summed E-state index contributed by atoms with van der Waals surface area (Å²) in [6.45, 7) is 4.77. The van der Waals surface area contributed by atoms with Gasteiger partial charge in [0.05, 0.1) is 11.5 Å². The van der Waals surface area contributed by atoms with Gasteiger partial charge in [-0.1, -0.05) is 6.92 Å². The monoisotopic (exact) mass is 326 g/mol. The topological polar surface area (TPSA) is 83.6 Å². The largest absolute Gasteiger partial charge is 0.317 e. The van der Waals surface area contributed by atoms with Crippen LogP contribution < -0.4 is 5.32 Å². The minimum Gasteiger partial charge on any atom is -0.317 e. The molecule has 120 valence electrons. The molecule has 1 N–H and O–H groups in total. The van der Waals surface area contributed by atoms with Gasteiger partial charge in [-0.3, -0.25) is 0 Å². The number of nitrogens with one attached hydrogen (secondary N) is 1. The van der Waals surface area contributed by atoms with Crippen LogP contribution in [0.15, 0.2) is 0 Å². The van der Waals surface area contributed by atoms with Crippen molar-refractivity contribution in [1.29, 1.82) is 0 Å². The van der Waals surface area contributed by atoms with Gasteiger partial charge in [-0.2, -0.15) is 0 Å². The summed E-state index contributed by atoms with van der Waals surface area (Å²) in [6.07, 6.45) is 3.76. The highest BCUT2D eigenvalue weighted by Crippen LogP contribution is 2.16. The van der Waals surface area contributed by atoms with Gasteiger partial charge < -0.3 is 5.32 Å². The number of sulfone groups is 1. The van der Waals surface area contributed by atoms with E-state index >= 15 is 0 Å². The smallest absolute Gasteiger partial charge is 0.215 e. The minimum atomic E-state index is -3.48. The molecule has 0 aromatic heterocycles. The molecule has 8 heteroatoms. The first-order valence-electron chi connectivity index (χ1n) is 7.11. The van der Waals surface area contributed by atoms with Crippen LogP contribution >= 0.6 is 0 Å². The number of sulfonamides is 1. The Hall–Kier alpha value is -0.180. The average Bonchev–Trinajstić information content (AvgIpc) is 2.37. The van der Waals surface area contributed by atoms with Crippen LogP contribution in [0.1, 0.15) is 26.2 Å². The van der Waals surface area contributed by atoms with Crippen molar-refractivity contribution in [3.8, 4) is 0 Å². The van der Waals surface area contributed by atoms with Crippen molar-refractivity contribution in [2.45, 2.75) is 26.2 Å². The molecule has 0 aliphatic carbocycles. The molecule has 6 nitrogen and oxygen atoms in total. The Morgan fingerprint density at radius 1 is 1.10 bits per heavy atom. The zero-order valence-electron chi connectivity index (χ0n) is 12.3. The van der Waals surface area contributed by atoms with Gasteiger partial charge in [-0.05, 0) is 38.3 Å². The van der Waals surface area contributed by atoms with E-state index in [-0.39, 0.29) is 11.5 Å². The predicted octanol–water partition coefficient (Wildman–Crippen LogP) is 0.0724. The maximum atomic E-state index is 12.3. The molecule has 1 saturated heterocycles. The maximum absolute atomic E-state index is 12.3. The normalized spacial score (nSPS) is 18.6. The molecule has 0 aromatic rings. The number of hydrogen-bond acceptors (Lipinski definition) is 5. The van der Waals surface area contributed by atoms with E-state index in [4.69, 9.17) is 0 Å². The summed E-state index contributed by atoms with van der Waals surface area (Å²) < 4.78 is 48.4. The lowest BCUT2D eigenvalue weighted by molar-refractivity contribution is 0.288. The lowest BCUT2D eigenvalue weighted by atomic mass is 9.98. The van der Waals surface area contributed by atoms with Crippen molar-refractivity contribution in [1.82, 2.24) is 9.62 Å². The van der Waals surface area contributed by atoms with Crippen LogP contribution in [0.2, 0.25) is 0 Å². The molecule has 1 aliphatic rings. The van der Waals surface area contributed by atoms with Crippen molar-refractivity contribution < 1.29 is 16.8 Å². The van der Waals surface area contributed by atoms with E-state index < -0.39 is 19.9 Å². The highest BCUT2D eigenvalue weighted by atomic mass is 32.2. The number of rotatable bonds is 8. The van der Waals surface area contributed by atoms with Crippen LogP contribution in [0, 0.1) is 5.92 Å². The molecular formula is C12H26N2O4S2. The Bertz CT molecular complexity index is 482. The summed E-state index contributed by atoms with van der Waals surface area (Å²) in [7, 11) is -6.74. The quantitative estimate of drug-likeness (QED) is 0.682. The van der Waals surface area contributed by atoms with E-state index in [0.29, 0.717) is 19.0 Å². The third kappa shape index (κ3) is 6.51. The van der Waals surface area contributed by atoms with Crippen molar-refractivity contribution in [2.24, 2.45) is 5.92 Å². The fourth-order valence-electron chi connectivity index (χ4n) is 2.33. The van der Waals surface area contributed by atoms with Gasteiger partial charge >= 0.3 is 0 Å². The molecule has 0 atom stereocenters. The summed E-state index contributed by atoms with van der Waals surface area (Å²) in [5.74, 6) is -0.241. The van der Waals surface area contributed by atoms with Gasteiger partial charge in [-0.25, -0.2) is 21.1 Å². The Balaban J connectivity index is 2.67. The van der Waals surface area contributed by atoms with Crippen molar-refractivity contribution in [2.75, 3.05) is 43.9 Å². The van der Waals surface area contributed by atoms with Crippen molar-refractivity contribution in [3.05, 3.63) is 0 Å². The molecule has 0 aromatic carbocycles. The lowest BCUT2D eigenvalue weighted by Crippen LogP contribution is -2.41. The summed E-state index contributed by atoms with van der Waals surface area (Å²) in [6, 6.07) is 0. The molecule has 0 saturated carbocycles. The molecule has 1 heterocycles. The van der Waals surface area contributed by atoms with Crippen LogP contribution in [0.4, 0.5) is 0 Å². The highest BCUT2D eigenvalue weighted by molar-refractivity contribution is 7.93. The summed E-state index contributed by atoms with van der Waals surface area (Å²) >= 11 is 0. The molecule has 0 unspecified atom stereocenters. The van der Waals surface area contributed by atoms with Gasteiger partial charge in [-0.15, -0.1) is 0 Å². The first-order valence-corrected chi connectivity index (χ1v) is 10.8. The molecule has 0 spiro atoms. The summed E-state index contributed by atoms with van der Waals surface area (Å²) in [5.41, 5.74) is 0. The first-order chi connectivity index (χ1) is 9.24. The molecule has 1 fully saturated rings. The Kier molecular flexibility index (Phi) is 6.90. The SMILES string of the molecule is CCCN(CC1CCNCC1)S(=O)(=O)CCS(C)(=O)=O. The molecule has 0 bridgehead atoms. The van der Waals surface area contributed by atoms with E-state index in [1.165, 1.54) is 4.31 Å². The number of piperidine rings is 1. The van der Waals surface area contributed by atoms with Crippen molar-refractivity contribution >= 4 is 19.9 Å². The molecule has 20 heavy (non-hydrogen) atoms. The fourth-order valence-corrected chi connectivity index (χ4v) is 5.54. The van der Waals surface area contributed by atoms with Crippen molar-refractivity contribution in [3.63, 3.8) is 0 Å². The van der Waals surface area contributed by atoms with Crippen LogP contribution in [0.25, 0.3) is 0 Å².